The molecule has 2 unspecified atom stereocenters. The van der Waals surface area contributed by atoms with Crippen LogP contribution in [-0.2, 0) is 34.9 Å². The molecule has 0 saturated carbocycles. The number of hydrogen-bond acceptors (Lipinski definition) is 12. The highest BCUT2D eigenvalue weighted by molar-refractivity contribution is 5.81. The van der Waals surface area contributed by atoms with Crippen molar-refractivity contribution in [2.24, 2.45) is 5.73 Å². The third-order valence-corrected chi connectivity index (χ3v) is 6.17. The van der Waals surface area contributed by atoms with Gasteiger partial charge in [0.05, 0.1) is 13.7 Å². The van der Waals surface area contributed by atoms with Gasteiger partial charge in [0.1, 0.15) is 23.9 Å². The smallest absolute Gasteiger partial charge is 0.468 e. The average Bonchev–Trinajstić information content (AvgIpc) is 2.91. The van der Waals surface area contributed by atoms with Crippen LogP contribution in [0.25, 0.3) is 0 Å². The molecule has 41 heavy (non-hydrogen) atoms. The number of methoxy groups -OCH3 is 1. The van der Waals surface area contributed by atoms with Gasteiger partial charge < -0.3 is 38.9 Å². The van der Waals surface area contributed by atoms with E-state index in [0.29, 0.717) is 24.8 Å². The van der Waals surface area contributed by atoms with Crippen molar-refractivity contribution < 1.29 is 52.3 Å². The van der Waals surface area contributed by atoms with Gasteiger partial charge in [-0.25, -0.2) is 14.4 Å². The van der Waals surface area contributed by atoms with E-state index in [1.807, 2.05) is 20.8 Å². The number of carbonyl (C=O) groups excluding carboxylic acids is 4. The van der Waals surface area contributed by atoms with Crippen LogP contribution in [0.3, 0.4) is 0 Å². The van der Waals surface area contributed by atoms with Gasteiger partial charge in [0, 0.05) is 12.8 Å². The third kappa shape index (κ3) is 13.1. The summed E-state index contributed by atoms with van der Waals surface area (Å²) in [4.78, 5) is 49.4. The van der Waals surface area contributed by atoms with E-state index in [1.54, 1.807) is 20.8 Å². The zero-order valence-electron chi connectivity index (χ0n) is 25.2. The lowest BCUT2D eigenvalue weighted by Gasteiger charge is -2.29. The number of benzene rings is 1. The van der Waals surface area contributed by atoms with Gasteiger partial charge in [-0.1, -0.05) is 39.7 Å². The Morgan fingerprint density at radius 2 is 1.37 bits per heavy atom. The Bertz CT molecular complexity index is 999. The molecule has 12 heteroatoms. The maximum Gasteiger partial charge on any atom is 0.514 e. The fourth-order valence-corrected chi connectivity index (χ4v) is 3.61. The first-order valence-electron chi connectivity index (χ1n) is 14.0. The number of hydrogen-bond donors (Lipinski definition) is 1. The lowest BCUT2D eigenvalue weighted by Crippen LogP contribution is -2.53. The molecule has 0 radical (unpaired) electrons. The van der Waals surface area contributed by atoms with Crippen LogP contribution in [0, 0.1) is 0 Å². The van der Waals surface area contributed by atoms with Crippen molar-refractivity contribution in [3.8, 4) is 11.5 Å². The normalized spacial score (nSPS) is 14.4. The maximum atomic E-state index is 12.8. The molecule has 232 valence electrons. The highest BCUT2D eigenvalue weighted by atomic mass is 16.8. The number of rotatable bonds is 16. The minimum Gasteiger partial charge on any atom is -0.468 e. The molecule has 0 aliphatic carbocycles. The van der Waals surface area contributed by atoms with E-state index in [4.69, 9.17) is 38.9 Å². The summed E-state index contributed by atoms with van der Waals surface area (Å²) in [7, 11) is 1.19. The van der Waals surface area contributed by atoms with Crippen LogP contribution in [0.5, 0.6) is 11.5 Å². The first-order chi connectivity index (χ1) is 19.4. The molecule has 0 fully saturated rings. The van der Waals surface area contributed by atoms with Crippen molar-refractivity contribution in [2.75, 3.05) is 13.7 Å². The molecule has 0 saturated heterocycles. The Morgan fingerprint density at radius 1 is 0.805 bits per heavy atom. The van der Waals surface area contributed by atoms with Crippen LogP contribution in [0.4, 0.5) is 14.4 Å². The Hall–Kier alpha value is -3.54. The van der Waals surface area contributed by atoms with Crippen LogP contribution in [0.2, 0.25) is 0 Å². The van der Waals surface area contributed by atoms with E-state index in [9.17, 15) is 19.2 Å². The Kier molecular flexibility index (Phi) is 15.6. The topological polar surface area (TPSA) is 159 Å². The van der Waals surface area contributed by atoms with E-state index < -0.39 is 48.3 Å². The molecule has 1 rings (SSSR count). The van der Waals surface area contributed by atoms with Gasteiger partial charge in [0.15, 0.2) is 11.5 Å². The van der Waals surface area contributed by atoms with Gasteiger partial charge in [-0.2, -0.15) is 0 Å². The van der Waals surface area contributed by atoms with Crippen LogP contribution in [0.15, 0.2) is 18.2 Å². The van der Waals surface area contributed by atoms with Gasteiger partial charge in [-0.15, -0.1) is 0 Å². The van der Waals surface area contributed by atoms with Crippen LogP contribution < -0.4 is 15.2 Å². The minimum absolute atomic E-state index is 0.102. The second-order valence-electron chi connectivity index (χ2n) is 9.92. The molecule has 0 aliphatic heterocycles. The van der Waals surface area contributed by atoms with Crippen molar-refractivity contribution in [1.82, 2.24) is 0 Å². The summed E-state index contributed by atoms with van der Waals surface area (Å²) in [6.07, 6.45) is -0.921. The fourth-order valence-electron chi connectivity index (χ4n) is 3.61. The van der Waals surface area contributed by atoms with Gasteiger partial charge in [-0.3, -0.25) is 4.79 Å². The first kappa shape index (κ1) is 35.5. The Morgan fingerprint density at radius 3 is 1.90 bits per heavy atom. The number of esters is 1. The van der Waals surface area contributed by atoms with Gasteiger partial charge in [-0.05, 0) is 57.7 Å². The molecule has 1 aromatic carbocycles. The summed E-state index contributed by atoms with van der Waals surface area (Å²) >= 11 is 0. The number of nitrogens with two attached hydrogens (primary N) is 1. The number of carbonyl (C=O) groups is 4. The molecule has 2 N–H and O–H groups in total. The second kappa shape index (κ2) is 18.0. The zero-order valence-corrected chi connectivity index (χ0v) is 25.2. The summed E-state index contributed by atoms with van der Waals surface area (Å²) < 4.78 is 36.2. The molecule has 0 aromatic heterocycles. The molecular formula is C29H45NO11. The zero-order chi connectivity index (χ0) is 31.0. The highest BCUT2D eigenvalue weighted by Crippen LogP contribution is 2.32. The summed E-state index contributed by atoms with van der Waals surface area (Å²) in [5, 5.41) is 0. The molecule has 12 nitrogen and oxygen atoms in total. The molecule has 1 aromatic rings. The highest BCUT2D eigenvalue weighted by Gasteiger charge is 2.38. The maximum absolute atomic E-state index is 12.8. The van der Waals surface area contributed by atoms with Crippen molar-refractivity contribution in [3.05, 3.63) is 23.8 Å². The van der Waals surface area contributed by atoms with Crippen molar-refractivity contribution in [1.29, 1.82) is 0 Å². The van der Waals surface area contributed by atoms with E-state index >= 15 is 0 Å². The molecule has 0 amide bonds. The summed E-state index contributed by atoms with van der Waals surface area (Å²) in [6, 6.07) is 4.31. The Labute approximate surface area is 242 Å². The SMILES string of the molecule is CCCCCOC(=O)O[C@@H](C)CC(N)(Cc1ccc(OC(=O)O[C@@H](C)CC)c(OC(=O)OC(C)CC)c1)C(=O)OC. The fraction of sp³-hybridized carbons (Fsp3) is 0.655. The third-order valence-electron chi connectivity index (χ3n) is 6.17. The predicted molar refractivity (Wildman–Crippen MR) is 149 cm³/mol. The van der Waals surface area contributed by atoms with E-state index in [0.717, 1.165) is 12.8 Å². The average molecular weight is 584 g/mol. The summed E-state index contributed by atoms with van der Waals surface area (Å²) in [5.74, 6) is -1.00. The van der Waals surface area contributed by atoms with Crippen LogP contribution >= 0.6 is 0 Å². The molecular weight excluding hydrogens is 538 g/mol. The second-order valence-corrected chi connectivity index (χ2v) is 9.92. The standard InChI is InChI=1S/C29H45NO11/c1-8-11-12-15-36-26(32)39-21(6)17-29(30,25(31)35-7)18-22-13-14-23(40-27(33)37-19(4)9-2)24(16-22)41-28(34)38-20(5)10-3/h13-14,16,19-21H,8-12,15,17-18,30H2,1-7H3/t19-,20?,21-,29?/m0/s1. The molecule has 4 atom stereocenters. The van der Waals surface area contributed by atoms with E-state index in [1.165, 1.54) is 25.3 Å². The Balaban J connectivity index is 3.17. The van der Waals surface area contributed by atoms with Crippen molar-refractivity contribution >= 4 is 24.4 Å². The van der Waals surface area contributed by atoms with Crippen molar-refractivity contribution in [3.63, 3.8) is 0 Å². The molecule has 0 aliphatic rings. The van der Waals surface area contributed by atoms with Crippen molar-refractivity contribution in [2.45, 2.75) is 110 Å². The lowest BCUT2D eigenvalue weighted by atomic mass is 9.86. The van der Waals surface area contributed by atoms with Gasteiger partial charge in [0.25, 0.3) is 0 Å². The van der Waals surface area contributed by atoms with Gasteiger partial charge >= 0.3 is 24.4 Å². The largest absolute Gasteiger partial charge is 0.514 e. The lowest BCUT2D eigenvalue weighted by molar-refractivity contribution is -0.148. The van der Waals surface area contributed by atoms with Gasteiger partial charge in [0.2, 0.25) is 0 Å². The first-order valence-corrected chi connectivity index (χ1v) is 14.0. The summed E-state index contributed by atoms with van der Waals surface area (Å²) in [5.41, 5.74) is 5.28. The van der Waals surface area contributed by atoms with Crippen LogP contribution in [-0.4, -0.2) is 62.0 Å². The quantitative estimate of drug-likeness (QED) is 0.107. The molecule has 0 heterocycles. The summed E-state index contributed by atoms with van der Waals surface area (Å²) in [6.45, 7) is 10.9. The van der Waals surface area contributed by atoms with E-state index in [2.05, 4.69) is 0 Å². The van der Waals surface area contributed by atoms with Crippen LogP contribution in [0.1, 0.15) is 85.6 Å². The monoisotopic (exact) mass is 583 g/mol. The van der Waals surface area contributed by atoms with E-state index in [-0.39, 0.29) is 30.9 Å². The minimum atomic E-state index is -1.64. The molecule has 0 spiro atoms. The molecule has 0 bridgehead atoms. The number of ether oxygens (including phenoxy) is 7. The number of unbranched alkanes of at least 4 members (excludes halogenated alkanes) is 2. The predicted octanol–water partition coefficient (Wildman–Crippen LogP) is 5.85.